The number of benzene rings is 2. The molecule has 0 bridgehead atoms. The predicted molar refractivity (Wildman–Crippen MR) is 97.3 cm³/mol. The molecule has 1 saturated carbocycles. The quantitative estimate of drug-likeness (QED) is 0.811. The molecule has 0 aromatic heterocycles. The molecule has 3 rings (SSSR count). The molecule has 2 aromatic rings. The fourth-order valence-corrected chi connectivity index (χ4v) is 3.69. The summed E-state index contributed by atoms with van der Waals surface area (Å²) in [6.07, 6.45) is -1.18. The van der Waals surface area contributed by atoms with Crippen LogP contribution in [0.1, 0.15) is 19.8 Å². The second-order valence-corrected chi connectivity index (χ2v) is 6.94. The van der Waals surface area contributed by atoms with Gasteiger partial charge in [0, 0.05) is 22.1 Å². The van der Waals surface area contributed by atoms with Crippen molar-refractivity contribution in [2.75, 3.05) is 5.32 Å². The van der Waals surface area contributed by atoms with Crippen molar-refractivity contribution in [3.8, 4) is 11.1 Å². The first kappa shape index (κ1) is 18.5. The molecule has 0 saturated heterocycles. The summed E-state index contributed by atoms with van der Waals surface area (Å²) in [4.78, 5) is 24.2. The molecule has 0 unspecified atom stereocenters. The number of alkyl halides is 1. The van der Waals surface area contributed by atoms with Crippen LogP contribution in [0.5, 0.6) is 0 Å². The molecular weight excluding hydrogens is 360 g/mol. The van der Waals surface area contributed by atoms with Crippen molar-refractivity contribution >= 4 is 29.0 Å². The number of rotatable bonds is 4. The number of ketones is 1. The molecule has 6 heteroatoms. The second-order valence-electron chi connectivity index (χ2n) is 6.53. The summed E-state index contributed by atoms with van der Waals surface area (Å²) in [5.41, 5.74) is 0.748. The monoisotopic (exact) mass is 377 g/mol. The van der Waals surface area contributed by atoms with Crippen molar-refractivity contribution in [1.82, 2.24) is 0 Å². The van der Waals surface area contributed by atoms with E-state index in [2.05, 4.69) is 5.32 Å². The van der Waals surface area contributed by atoms with Gasteiger partial charge in [-0.2, -0.15) is 0 Å². The van der Waals surface area contributed by atoms with E-state index in [0.717, 1.165) is 0 Å². The van der Waals surface area contributed by atoms with Gasteiger partial charge in [-0.05, 0) is 31.9 Å². The Labute approximate surface area is 155 Å². The summed E-state index contributed by atoms with van der Waals surface area (Å²) >= 11 is 6.13. The van der Waals surface area contributed by atoms with E-state index in [1.54, 1.807) is 36.4 Å². The molecule has 1 amide bonds. The largest absolute Gasteiger partial charge is 0.323 e. The van der Waals surface area contributed by atoms with E-state index in [0.29, 0.717) is 10.6 Å². The number of nitrogens with one attached hydrogen (secondary N) is 1. The Bertz CT molecular complexity index is 855. The van der Waals surface area contributed by atoms with Crippen molar-refractivity contribution in [2.45, 2.75) is 25.9 Å². The Morgan fingerprint density at radius 3 is 2.38 bits per heavy atom. The average Bonchev–Trinajstić information content (AvgIpc) is 3.00. The lowest BCUT2D eigenvalue weighted by molar-refractivity contribution is -0.128. The van der Waals surface area contributed by atoms with E-state index in [4.69, 9.17) is 11.6 Å². The minimum Gasteiger partial charge on any atom is -0.323 e. The van der Waals surface area contributed by atoms with Crippen molar-refractivity contribution < 1.29 is 18.4 Å². The summed E-state index contributed by atoms with van der Waals surface area (Å²) < 4.78 is 28.6. The molecule has 0 spiro atoms. The SMILES string of the molecule is CC(=O)[C@@H]1C[C@H](F)C[C@H]1C(=O)Nc1cccc(-c2ccccc2Cl)c1F. The van der Waals surface area contributed by atoms with Crippen LogP contribution in [-0.2, 0) is 9.59 Å². The van der Waals surface area contributed by atoms with Gasteiger partial charge in [0.05, 0.1) is 11.6 Å². The summed E-state index contributed by atoms with van der Waals surface area (Å²) in [7, 11) is 0. The maximum atomic E-state index is 14.9. The van der Waals surface area contributed by atoms with Crippen LogP contribution in [0.3, 0.4) is 0 Å². The molecule has 1 fully saturated rings. The van der Waals surface area contributed by atoms with E-state index < -0.39 is 29.7 Å². The molecule has 2 aromatic carbocycles. The first-order valence-corrected chi connectivity index (χ1v) is 8.75. The maximum Gasteiger partial charge on any atom is 0.228 e. The number of hydrogen-bond acceptors (Lipinski definition) is 2. The fraction of sp³-hybridized carbons (Fsp3) is 0.300. The highest BCUT2D eigenvalue weighted by Gasteiger charge is 2.41. The topological polar surface area (TPSA) is 46.2 Å². The Hall–Kier alpha value is -2.27. The second kappa shape index (κ2) is 7.54. The van der Waals surface area contributed by atoms with Gasteiger partial charge in [-0.1, -0.05) is 41.9 Å². The highest BCUT2D eigenvalue weighted by Crippen LogP contribution is 2.37. The zero-order valence-corrected chi connectivity index (χ0v) is 14.9. The first-order chi connectivity index (χ1) is 12.4. The van der Waals surface area contributed by atoms with Crippen LogP contribution in [0.4, 0.5) is 14.5 Å². The third-order valence-electron chi connectivity index (χ3n) is 4.78. The van der Waals surface area contributed by atoms with Crippen LogP contribution >= 0.6 is 11.6 Å². The molecule has 3 atom stereocenters. The van der Waals surface area contributed by atoms with Crippen molar-refractivity contribution in [3.63, 3.8) is 0 Å². The van der Waals surface area contributed by atoms with Gasteiger partial charge in [-0.3, -0.25) is 9.59 Å². The Kier molecular flexibility index (Phi) is 5.37. The molecule has 3 nitrogen and oxygen atoms in total. The third kappa shape index (κ3) is 3.63. The maximum absolute atomic E-state index is 14.9. The van der Waals surface area contributed by atoms with Gasteiger partial charge in [0.25, 0.3) is 0 Å². The van der Waals surface area contributed by atoms with Gasteiger partial charge in [0.2, 0.25) is 5.91 Å². The number of carbonyl (C=O) groups is 2. The smallest absolute Gasteiger partial charge is 0.228 e. The molecule has 26 heavy (non-hydrogen) atoms. The van der Waals surface area contributed by atoms with Gasteiger partial charge >= 0.3 is 0 Å². The van der Waals surface area contributed by atoms with Gasteiger partial charge in [-0.15, -0.1) is 0 Å². The average molecular weight is 378 g/mol. The van der Waals surface area contributed by atoms with Gasteiger partial charge in [0.15, 0.2) is 5.82 Å². The number of hydrogen-bond donors (Lipinski definition) is 1. The van der Waals surface area contributed by atoms with E-state index in [1.807, 2.05) is 0 Å². The Morgan fingerprint density at radius 2 is 1.69 bits per heavy atom. The van der Waals surface area contributed by atoms with Crippen LogP contribution in [0, 0.1) is 17.7 Å². The fourth-order valence-electron chi connectivity index (χ4n) is 3.46. The van der Waals surface area contributed by atoms with Crippen LogP contribution in [-0.4, -0.2) is 17.9 Å². The third-order valence-corrected chi connectivity index (χ3v) is 5.11. The zero-order valence-electron chi connectivity index (χ0n) is 14.1. The molecular formula is C20H18ClF2NO2. The van der Waals surface area contributed by atoms with Crippen molar-refractivity contribution in [2.24, 2.45) is 11.8 Å². The highest BCUT2D eigenvalue weighted by atomic mass is 35.5. The molecule has 0 heterocycles. The summed E-state index contributed by atoms with van der Waals surface area (Å²) in [5, 5.41) is 2.90. The minimum atomic E-state index is -1.20. The van der Waals surface area contributed by atoms with E-state index >= 15 is 0 Å². The molecule has 0 aliphatic heterocycles. The number of amides is 1. The number of Topliss-reactive ketones (excluding diaryl/α,β-unsaturated/α-hetero) is 1. The number of halogens is 3. The molecule has 1 N–H and O–H groups in total. The van der Waals surface area contributed by atoms with Crippen LogP contribution in [0.25, 0.3) is 11.1 Å². The summed E-state index contributed by atoms with van der Waals surface area (Å²) in [5.74, 6) is -2.84. The minimum absolute atomic E-state index is 0.0166. The molecule has 136 valence electrons. The normalized spacial score (nSPS) is 22.2. The molecule has 1 aliphatic carbocycles. The van der Waals surface area contributed by atoms with Crippen molar-refractivity contribution in [1.29, 1.82) is 0 Å². The Morgan fingerprint density at radius 1 is 1.04 bits per heavy atom. The highest BCUT2D eigenvalue weighted by molar-refractivity contribution is 6.33. The lowest BCUT2D eigenvalue weighted by Gasteiger charge is -2.17. The predicted octanol–water partition coefficient (Wildman–Crippen LogP) is 5.04. The van der Waals surface area contributed by atoms with Crippen LogP contribution in [0.2, 0.25) is 5.02 Å². The van der Waals surface area contributed by atoms with Gasteiger partial charge < -0.3 is 5.32 Å². The standard InChI is InChI=1S/C20H18ClF2NO2/c1-11(25)15-9-12(22)10-16(15)20(26)24-18-8-4-6-14(19(18)23)13-5-2-3-7-17(13)21/h2-8,12,15-16H,9-10H2,1H3,(H,24,26)/t12-,15-,16+/m0/s1. The van der Waals surface area contributed by atoms with E-state index in [-0.39, 0.29) is 29.9 Å². The van der Waals surface area contributed by atoms with Gasteiger partial charge in [0.1, 0.15) is 12.0 Å². The zero-order chi connectivity index (χ0) is 18.8. The van der Waals surface area contributed by atoms with Crippen LogP contribution in [0.15, 0.2) is 42.5 Å². The summed E-state index contributed by atoms with van der Waals surface area (Å²) in [6.45, 7) is 1.35. The first-order valence-electron chi connectivity index (χ1n) is 8.37. The lowest BCUT2D eigenvalue weighted by atomic mass is 9.92. The molecule has 0 radical (unpaired) electrons. The number of carbonyl (C=O) groups excluding carboxylic acids is 2. The number of anilines is 1. The summed E-state index contributed by atoms with van der Waals surface area (Å²) in [6, 6.07) is 11.4. The van der Waals surface area contributed by atoms with Crippen molar-refractivity contribution in [3.05, 3.63) is 53.3 Å². The van der Waals surface area contributed by atoms with E-state index in [1.165, 1.54) is 13.0 Å². The van der Waals surface area contributed by atoms with E-state index in [9.17, 15) is 18.4 Å². The molecule has 1 aliphatic rings. The van der Waals surface area contributed by atoms with Crippen LogP contribution < -0.4 is 5.32 Å². The Balaban J connectivity index is 1.87. The van der Waals surface area contributed by atoms with Gasteiger partial charge in [-0.25, -0.2) is 8.78 Å². The lowest BCUT2D eigenvalue weighted by Crippen LogP contribution is -2.29.